The van der Waals surface area contributed by atoms with Gasteiger partial charge in [0.05, 0.1) is 13.2 Å². The van der Waals surface area contributed by atoms with Gasteiger partial charge in [0, 0.05) is 49.7 Å². The van der Waals surface area contributed by atoms with E-state index in [4.69, 9.17) is 16.3 Å². The number of hydrogen-bond donors (Lipinski definition) is 0. The van der Waals surface area contributed by atoms with Crippen molar-refractivity contribution in [1.29, 1.82) is 0 Å². The van der Waals surface area contributed by atoms with Crippen LogP contribution in [0, 0.1) is 0 Å². The first kappa shape index (κ1) is 19.2. The zero-order valence-corrected chi connectivity index (χ0v) is 16.0. The molecule has 0 aliphatic carbocycles. The van der Waals surface area contributed by atoms with Gasteiger partial charge in [-0.25, -0.2) is 13.2 Å². The first-order valence-corrected chi connectivity index (χ1v) is 10.4. The van der Waals surface area contributed by atoms with E-state index in [2.05, 4.69) is 0 Å². The predicted molar refractivity (Wildman–Crippen MR) is 100 cm³/mol. The lowest BCUT2D eigenvalue weighted by Gasteiger charge is -2.37. The number of nitrogens with zero attached hydrogens (tertiary/aromatic N) is 3. The summed E-state index contributed by atoms with van der Waals surface area (Å²) < 4.78 is 31.6. The average Bonchev–Trinajstić information content (AvgIpc) is 2.68. The van der Waals surface area contributed by atoms with Gasteiger partial charge in [-0.3, -0.25) is 0 Å². The van der Waals surface area contributed by atoms with E-state index < -0.39 is 10.0 Å². The molecule has 0 spiro atoms. The van der Waals surface area contributed by atoms with E-state index in [9.17, 15) is 13.2 Å². The Kier molecular flexibility index (Phi) is 6.18. The molecule has 2 fully saturated rings. The molecule has 1 aromatic carbocycles. The van der Waals surface area contributed by atoms with Gasteiger partial charge in [0.2, 0.25) is 10.0 Å². The Morgan fingerprint density at radius 1 is 0.962 bits per heavy atom. The lowest BCUT2D eigenvalue weighted by atomic mass is 10.2. The van der Waals surface area contributed by atoms with Crippen LogP contribution in [0.2, 0.25) is 5.02 Å². The number of urea groups is 1. The number of sulfonamides is 1. The molecular weight excluding hydrogens is 378 g/mol. The number of carbonyl (C=O) groups excluding carboxylic acids is 1. The highest BCUT2D eigenvalue weighted by Gasteiger charge is 2.30. The number of hydrogen-bond acceptors (Lipinski definition) is 4. The van der Waals surface area contributed by atoms with Crippen molar-refractivity contribution in [2.24, 2.45) is 0 Å². The molecule has 0 aromatic heterocycles. The maximum absolute atomic E-state index is 12.5. The van der Waals surface area contributed by atoms with Gasteiger partial charge in [-0.1, -0.05) is 23.7 Å². The Morgan fingerprint density at radius 2 is 1.54 bits per heavy atom. The third-order valence-electron chi connectivity index (χ3n) is 4.45. The minimum absolute atomic E-state index is 0.0398. The predicted octanol–water partition coefficient (Wildman–Crippen LogP) is 1.71. The number of piperazine rings is 1. The first-order chi connectivity index (χ1) is 12.5. The minimum Gasteiger partial charge on any atom is -0.378 e. The summed E-state index contributed by atoms with van der Waals surface area (Å²) in [4.78, 5) is 15.9. The average molecular weight is 400 g/mol. The standard InChI is InChI=1S/C17H22ClN3O4S/c18-16-3-1-15(2-4-16)5-14-26(23,24)21-8-6-19(7-9-21)17(22)20-10-12-25-13-11-20/h1-5,14H,6-13H2/b14-5+. The van der Waals surface area contributed by atoms with Crippen LogP contribution < -0.4 is 0 Å². The van der Waals surface area contributed by atoms with Gasteiger partial charge in [-0.05, 0) is 23.8 Å². The molecule has 142 valence electrons. The molecule has 2 aliphatic rings. The van der Waals surface area contributed by atoms with Crippen molar-refractivity contribution in [3.05, 3.63) is 40.3 Å². The number of halogens is 1. The smallest absolute Gasteiger partial charge is 0.320 e. The Labute approximate surface area is 158 Å². The van der Waals surface area contributed by atoms with Crippen molar-refractivity contribution < 1.29 is 17.9 Å². The maximum atomic E-state index is 12.5. The molecule has 0 radical (unpaired) electrons. The van der Waals surface area contributed by atoms with E-state index in [1.165, 1.54) is 9.71 Å². The summed E-state index contributed by atoms with van der Waals surface area (Å²) in [5.41, 5.74) is 0.763. The summed E-state index contributed by atoms with van der Waals surface area (Å²) in [7, 11) is -3.52. The molecule has 2 heterocycles. The summed E-state index contributed by atoms with van der Waals surface area (Å²) in [5, 5.41) is 1.81. The molecule has 3 rings (SSSR count). The normalized spacial score (nSPS) is 19.9. The fourth-order valence-electron chi connectivity index (χ4n) is 2.91. The topological polar surface area (TPSA) is 70.2 Å². The third kappa shape index (κ3) is 4.76. The van der Waals surface area contributed by atoms with Gasteiger partial charge in [0.15, 0.2) is 0 Å². The molecule has 0 unspecified atom stereocenters. The van der Waals surface area contributed by atoms with Crippen molar-refractivity contribution in [3.8, 4) is 0 Å². The van der Waals surface area contributed by atoms with Gasteiger partial charge in [-0.15, -0.1) is 0 Å². The second kappa shape index (κ2) is 8.39. The highest BCUT2D eigenvalue weighted by Crippen LogP contribution is 2.15. The van der Waals surface area contributed by atoms with E-state index in [1.54, 1.807) is 40.1 Å². The second-order valence-corrected chi connectivity index (χ2v) is 8.42. The Bertz CT molecular complexity index is 753. The zero-order chi connectivity index (χ0) is 18.6. The van der Waals surface area contributed by atoms with Crippen LogP contribution in [0.5, 0.6) is 0 Å². The number of amides is 2. The van der Waals surface area contributed by atoms with Crippen LogP contribution in [0.25, 0.3) is 6.08 Å². The molecule has 2 aliphatic heterocycles. The summed E-state index contributed by atoms with van der Waals surface area (Å²) in [6.45, 7) is 3.65. The van der Waals surface area contributed by atoms with Crippen molar-refractivity contribution in [1.82, 2.24) is 14.1 Å². The van der Waals surface area contributed by atoms with Crippen molar-refractivity contribution in [3.63, 3.8) is 0 Å². The molecule has 0 N–H and O–H groups in total. The van der Waals surface area contributed by atoms with E-state index in [0.29, 0.717) is 57.5 Å². The van der Waals surface area contributed by atoms with Crippen molar-refractivity contribution >= 4 is 33.7 Å². The fraction of sp³-hybridized carbons (Fsp3) is 0.471. The minimum atomic E-state index is -3.52. The highest BCUT2D eigenvalue weighted by atomic mass is 35.5. The summed E-state index contributed by atoms with van der Waals surface area (Å²) >= 11 is 5.83. The Balaban J connectivity index is 1.56. The summed E-state index contributed by atoms with van der Waals surface area (Å²) in [5.74, 6) is 0. The number of rotatable bonds is 3. The van der Waals surface area contributed by atoms with Gasteiger partial charge < -0.3 is 14.5 Å². The van der Waals surface area contributed by atoms with Crippen LogP contribution in [0.4, 0.5) is 4.79 Å². The van der Waals surface area contributed by atoms with Crippen LogP contribution in [-0.2, 0) is 14.8 Å². The fourth-order valence-corrected chi connectivity index (χ4v) is 4.21. The molecule has 0 saturated carbocycles. The monoisotopic (exact) mass is 399 g/mol. The molecule has 7 nitrogen and oxygen atoms in total. The van der Waals surface area contributed by atoms with E-state index in [0.717, 1.165) is 5.56 Å². The first-order valence-electron chi connectivity index (χ1n) is 8.51. The molecular formula is C17H22ClN3O4S. The van der Waals surface area contributed by atoms with Crippen LogP contribution >= 0.6 is 11.6 Å². The summed E-state index contributed by atoms with van der Waals surface area (Å²) in [6.07, 6.45) is 1.55. The number of benzene rings is 1. The number of carbonyl (C=O) groups is 1. The van der Waals surface area contributed by atoms with Crippen LogP contribution in [-0.4, -0.2) is 81.0 Å². The number of morpholine rings is 1. The van der Waals surface area contributed by atoms with Gasteiger partial charge in [-0.2, -0.15) is 4.31 Å². The Hall–Kier alpha value is -1.61. The van der Waals surface area contributed by atoms with Gasteiger partial charge in [0.1, 0.15) is 0 Å². The lowest BCUT2D eigenvalue weighted by molar-refractivity contribution is 0.0405. The summed E-state index contributed by atoms with van der Waals surface area (Å²) in [6, 6.07) is 6.90. The quantitative estimate of drug-likeness (QED) is 0.775. The largest absolute Gasteiger partial charge is 0.378 e. The molecule has 0 atom stereocenters. The van der Waals surface area contributed by atoms with E-state index >= 15 is 0 Å². The van der Waals surface area contributed by atoms with E-state index in [1.807, 2.05) is 0 Å². The van der Waals surface area contributed by atoms with Crippen LogP contribution in [0.15, 0.2) is 29.7 Å². The second-order valence-electron chi connectivity index (χ2n) is 6.17. The molecule has 2 amide bonds. The molecule has 2 saturated heterocycles. The lowest BCUT2D eigenvalue weighted by Crippen LogP contribution is -2.55. The zero-order valence-electron chi connectivity index (χ0n) is 14.4. The molecule has 26 heavy (non-hydrogen) atoms. The third-order valence-corrected chi connectivity index (χ3v) is 6.27. The van der Waals surface area contributed by atoms with Crippen LogP contribution in [0.3, 0.4) is 0 Å². The van der Waals surface area contributed by atoms with Crippen LogP contribution in [0.1, 0.15) is 5.56 Å². The molecule has 1 aromatic rings. The SMILES string of the molecule is O=C(N1CCOCC1)N1CCN(S(=O)(=O)/C=C/c2ccc(Cl)cc2)CC1. The number of ether oxygens (including phenoxy) is 1. The highest BCUT2D eigenvalue weighted by molar-refractivity contribution is 7.92. The maximum Gasteiger partial charge on any atom is 0.320 e. The van der Waals surface area contributed by atoms with Gasteiger partial charge >= 0.3 is 6.03 Å². The van der Waals surface area contributed by atoms with E-state index in [-0.39, 0.29) is 6.03 Å². The molecule has 9 heteroatoms. The van der Waals surface area contributed by atoms with Gasteiger partial charge in [0.25, 0.3) is 0 Å². The molecule has 0 bridgehead atoms. The Morgan fingerprint density at radius 3 is 2.15 bits per heavy atom. The van der Waals surface area contributed by atoms with Crippen molar-refractivity contribution in [2.45, 2.75) is 0 Å². The van der Waals surface area contributed by atoms with Crippen molar-refractivity contribution in [2.75, 3.05) is 52.5 Å².